The van der Waals surface area contributed by atoms with Gasteiger partial charge in [-0.25, -0.2) is 4.98 Å². The number of ether oxygens (including phenoxy) is 1. The minimum atomic E-state index is 0.729. The third kappa shape index (κ3) is 2.49. The Labute approximate surface area is 89.8 Å². The van der Waals surface area contributed by atoms with Crippen molar-refractivity contribution in [2.75, 3.05) is 38.6 Å². The van der Waals surface area contributed by atoms with Crippen molar-refractivity contribution in [3.05, 3.63) is 12.0 Å². The molecule has 2 heterocycles. The van der Waals surface area contributed by atoms with Crippen LogP contribution in [-0.2, 0) is 18.2 Å². The third-order valence-corrected chi connectivity index (χ3v) is 2.88. The predicted octanol–water partition coefficient (Wildman–Crippen LogP) is -0.123. The number of nitrogens with zero attached hydrogens (tertiary/aromatic N) is 3. The largest absolute Gasteiger partial charge is 0.384 e. The van der Waals surface area contributed by atoms with E-state index < -0.39 is 0 Å². The van der Waals surface area contributed by atoms with Crippen LogP contribution in [0.4, 0.5) is 5.82 Å². The van der Waals surface area contributed by atoms with E-state index in [1.54, 1.807) is 6.20 Å². The molecular weight excluding hydrogens is 192 g/mol. The highest BCUT2D eigenvalue weighted by molar-refractivity contribution is 5.27. The first-order valence-electron chi connectivity index (χ1n) is 5.33. The van der Waals surface area contributed by atoms with Gasteiger partial charge in [0.1, 0.15) is 11.6 Å². The van der Waals surface area contributed by atoms with Gasteiger partial charge in [-0.1, -0.05) is 0 Å². The van der Waals surface area contributed by atoms with Crippen LogP contribution >= 0.6 is 0 Å². The quantitative estimate of drug-likeness (QED) is 0.755. The first-order chi connectivity index (χ1) is 7.27. The fraction of sp³-hybridized carbons (Fsp3) is 0.700. The molecule has 0 aliphatic carbocycles. The second-order valence-corrected chi connectivity index (χ2v) is 3.86. The van der Waals surface area contributed by atoms with Crippen LogP contribution in [0.25, 0.3) is 0 Å². The molecule has 0 bridgehead atoms. The summed E-state index contributed by atoms with van der Waals surface area (Å²) in [6.45, 7) is 4.79. The van der Waals surface area contributed by atoms with Gasteiger partial charge in [0.2, 0.25) is 0 Å². The highest BCUT2D eigenvalue weighted by atomic mass is 16.5. The van der Waals surface area contributed by atoms with Crippen molar-refractivity contribution in [1.29, 1.82) is 0 Å². The molecule has 0 atom stereocenters. The van der Waals surface area contributed by atoms with Crippen molar-refractivity contribution < 1.29 is 4.74 Å². The second-order valence-electron chi connectivity index (χ2n) is 3.86. The van der Waals surface area contributed by atoms with Crippen molar-refractivity contribution in [2.24, 2.45) is 7.05 Å². The number of morpholine rings is 1. The van der Waals surface area contributed by atoms with E-state index in [-0.39, 0.29) is 0 Å². The van der Waals surface area contributed by atoms with Crippen molar-refractivity contribution in [2.45, 2.75) is 6.42 Å². The fourth-order valence-electron chi connectivity index (χ4n) is 1.78. The summed E-state index contributed by atoms with van der Waals surface area (Å²) in [6.07, 6.45) is 2.67. The molecule has 1 aromatic heterocycles. The van der Waals surface area contributed by atoms with E-state index in [4.69, 9.17) is 10.5 Å². The number of nitrogens with two attached hydrogens (primary N) is 1. The smallest absolute Gasteiger partial charge is 0.123 e. The highest BCUT2D eigenvalue weighted by Gasteiger charge is 2.11. The Morgan fingerprint density at radius 1 is 1.47 bits per heavy atom. The number of imidazole rings is 1. The van der Waals surface area contributed by atoms with Gasteiger partial charge in [-0.3, -0.25) is 4.90 Å². The molecule has 5 nitrogen and oxygen atoms in total. The Bertz CT molecular complexity index is 317. The zero-order valence-electron chi connectivity index (χ0n) is 9.15. The lowest BCUT2D eigenvalue weighted by Gasteiger charge is -2.26. The van der Waals surface area contributed by atoms with E-state index in [1.807, 2.05) is 11.6 Å². The molecule has 0 saturated carbocycles. The molecule has 15 heavy (non-hydrogen) atoms. The van der Waals surface area contributed by atoms with Crippen LogP contribution in [-0.4, -0.2) is 47.3 Å². The Morgan fingerprint density at radius 3 is 2.80 bits per heavy atom. The van der Waals surface area contributed by atoms with Crippen LogP contribution < -0.4 is 5.73 Å². The molecule has 1 aromatic rings. The highest BCUT2D eigenvalue weighted by Crippen LogP contribution is 2.06. The maximum Gasteiger partial charge on any atom is 0.123 e. The van der Waals surface area contributed by atoms with Crippen molar-refractivity contribution in [3.8, 4) is 0 Å². The van der Waals surface area contributed by atoms with Gasteiger partial charge in [-0.05, 0) is 0 Å². The average molecular weight is 210 g/mol. The lowest BCUT2D eigenvalue weighted by atomic mass is 10.3. The lowest BCUT2D eigenvalue weighted by Crippen LogP contribution is -2.37. The molecule has 0 spiro atoms. The molecule has 84 valence electrons. The molecule has 1 fully saturated rings. The van der Waals surface area contributed by atoms with E-state index >= 15 is 0 Å². The maximum atomic E-state index is 5.72. The molecule has 2 rings (SSSR count). The van der Waals surface area contributed by atoms with Crippen molar-refractivity contribution in [1.82, 2.24) is 14.5 Å². The Balaban J connectivity index is 1.84. The van der Waals surface area contributed by atoms with Crippen LogP contribution in [0.15, 0.2) is 6.20 Å². The topological polar surface area (TPSA) is 56.3 Å². The summed E-state index contributed by atoms with van der Waals surface area (Å²) in [6, 6.07) is 0. The zero-order chi connectivity index (χ0) is 10.7. The number of aromatic nitrogens is 2. The van der Waals surface area contributed by atoms with Gasteiger partial charge < -0.3 is 15.0 Å². The Kier molecular flexibility index (Phi) is 3.23. The van der Waals surface area contributed by atoms with E-state index in [1.165, 1.54) is 0 Å². The number of anilines is 1. The fourth-order valence-corrected chi connectivity index (χ4v) is 1.78. The van der Waals surface area contributed by atoms with E-state index in [9.17, 15) is 0 Å². The predicted molar refractivity (Wildman–Crippen MR) is 58.6 cm³/mol. The van der Waals surface area contributed by atoms with Gasteiger partial charge in [0, 0.05) is 33.1 Å². The molecule has 1 aliphatic heterocycles. The van der Waals surface area contributed by atoms with Crippen LogP contribution in [0, 0.1) is 0 Å². The van der Waals surface area contributed by atoms with Gasteiger partial charge >= 0.3 is 0 Å². The van der Waals surface area contributed by atoms with Crippen molar-refractivity contribution in [3.63, 3.8) is 0 Å². The minimum absolute atomic E-state index is 0.729. The third-order valence-electron chi connectivity index (χ3n) is 2.88. The van der Waals surface area contributed by atoms with E-state index in [0.29, 0.717) is 0 Å². The standard InChI is InChI=1S/C10H18N4O/c1-13-9(11)8-12-10(13)2-3-14-4-6-15-7-5-14/h8H,2-7,11H2,1H3. The lowest BCUT2D eigenvalue weighted by molar-refractivity contribution is 0.0381. The van der Waals surface area contributed by atoms with Gasteiger partial charge in [0.25, 0.3) is 0 Å². The summed E-state index contributed by atoms with van der Waals surface area (Å²) < 4.78 is 7.24. The van der Waals surface area contributed by atoms with Crippen LogP contribution in [0.2, 0.25) is 0 Å². The molecule has 2 N–H and O–H groups in total. The monoisotopic (exact) mass is 210 g/mol. The number of hydrogen-bond acceptors (Lipinski definition) is 4. The maximum absolute atomic E-state index is 5.72. The molecular formula is C10H18N4O. The number of nitrogen functional groups attached to an aromatic ring is 1. The van der Waals surface area contributed by atoms with Gasteiger partial charge in [-0.15, -0.1) is 0 Å². The summed E-state index contributed by atoms with van der Waals surface area (Å²) >= 11 is 0. The summed E-state index contributed by atoms with van der Waals surface area (Å²) in [7, 11) is 1.96. The van der Waals surface area contributed by atoms with Crippen molar-refractivity contribution >= 4 is 5.82 Å². The summed E-state index contributed by atoms with van der Waals surface area (Å²) in [5.74, 6) is 1.78. The molecule has 5 heteroatoms. The zero-order valence-corrected chi connectivity index (χ0v) is 9.15. The summed E-state index contributed by atoms with van der Waals surface area (Å²) in [5, 5.41) is 0. The second kappa shape index (κ2) is 4.63. The Hall–Kier alpha value is -1.07. The van der Waals surface area contributed by atoms with Crippen LogP contribution in [0.5, 0.6) is 0 Å². The van der Waals surface area contributed by atoms with Gasteiger partial charge in [-0.2, -0.15) is 0 Å². The minimum Gasteiger partial charge on any atom is -0.384 e. The van der Waals surface area contributed by atoms with E-state index in [0.717, 1.165) is 50.9 Å². The van der Waals surface area contributed by atoms with Gasteiger partial charge in [0.05, 0.1) is 19.4 Å². The first kappa shape index (κ1) is 10.4. The SMILES string of the molecule is Cn1c(N)cnc1CCN1CCOCC1. The first-order valence-corrected chi connectivity index (χ1v) is 5.33. The molecule has 0 unspecified atom stereocenters. The summed E-state index contributed by atoms with van der Waals surface area (Å²) in [5.41, 5.74) is 5.72. The van der Waals surface area contributed by atoms with Gasteiger partial charge in [0.15, 0.2) is 0 Å². The molecule has 0 radical (unpaired) electrons. The molecule has 1 aliphatic rings. The van der Waals surface area contributed by atoms with Crippen LogP contribution in [0.1, 0.15) is 5.82 Å². The number of rotatable bonds is 3. The molecule has 0 amide bonds. The normalized spacial score (nSPS) is 18.2. The number of hydrogen-bond donors (Lipinski definition) is 1. The Morgan fingerprint density at radius 2 is 2.20 bits per heavy atom. The average Bonchev–Trinajstić information content (AvgIpc) is 2.59. The summed E-state index contributed by atoms with van der Waals surface area (Å²) in [4.78, 5) is 6.68. The van der Waals surface area contributed by atoms with Crippen LogP contribution in [0.3, 0.4) is 0 Å². The molecule has 0 aromatic carbocycles. The molecule has 1 saturated heterocycles. The van der Waals surface area contributed by atoms with E-state index in [2.05, 4.69) is 9.88 Å².